The molecule has 1 heterocycles. The number of rotatable bonds is 4. The summed E-state index contributed by atoms with van der Waals surface area (Å²) < 4.78 is 0. The highest BCUT2D eigenvalue weighted by Gasteiger charge is 2.33. The summed E-state index contributed by atoms with van der Waals surface area (Å²) in [5, 5.41) is 3.47. The summed E-state index contributed by atoms with van der Waals surface area (Å²) >= 11 is 0. The number of anilines is 1. The molecule has 1 unspecified atom stereocenters. The number of benzene rings is 1. The second-order valence-electron chi connectivity index (χ2n) is 5.65. The quantitative estimate of drug-likeness (QED) is 0.900. The van der Waals surface area contributed by atoms with E-state index in [2.05, 4.69) is 36.5 Å². The van der Waals surface area contributed by atoms with Crippen molar-refractivity contribution in [3.8, 4) is 0 Å². The number of nitrogens with zero attached hydrogens (tertiary/aromatic N) is 1. The van der Waals surface area contributed by atoms with Crippen LogP contribution in [-0.4, -0.2) is 24.5 Å². The maximum Gasteiger partial charge on any atom is 0.244 e. The zero-order chi connectivity index (χ0) is 13.2. The largest absolute Gasteiger partial charge is 0.311 e. The van der Waals surface area contributed by atoms with Crippen LogP contribution in [0.25, 0.3) is 0 Å². The normalized spacial score (nSPS) is 23.7. The number of aryl methyl sites for hydroxylation is 1. The molecule has 0 spiro atoms. The van der Waals surface area contributed by atoms with Crippen molar-refractivity contribution < 1.29 is 4.79 Å². The average Bonchev–Trinajstić information content (AvgIpc) is 3.25. The van der Waals surface area contributed by atoms with Crippen LogP contribution in [0.15, 0.2) is 24.3 Å². The molecule has 3 heteroatoms. The van der Waals surface area contributed by atoms with E-state index in [0.29, 0.717) is 6.04 Å². The molecular formula is C16H22N2O. The number of amides is 1. The van der Waals surface area contributed by atoms with Gasteiger partial charge in [0.15, 0.2) is 0 Å². The van der Waals surface area contributed by atoms with E-state index < -0.39 is 0 Å². The molecule has 1 atom stereocenters. The van der Waals surface area contributed by atoms with Crippen molar-refractivity contribution in [2.75, 3.05) is 11.4 Å². The molecule has 1 aliphatic carbocycles. The van der Waals surface area contributed by atoms with Gasteiger partial charge in [0.25, 0.3) is 0 Å². The number of carbonyl (C=O) groups excluding carboxylic acids is 1. The molecule has 19 heavy (non-hydrogen) atoms. The average molecular weight is 258 g/mol. The maximum absolute atomic E-state index is 12.5. The number of piperidine rings is 1. The van der Waals surface area contributed by atoms with Crippen LogP contribution in [0.3, 0.4) is 0 Å². The molecule has 0 bridgehead atoms. The Hall–Kier alpha value is -1.35. The van der Waals surface area contributed by atoms with Gasteiger partial charge in [-0.2, -0.15) is 0 Å². The Morgan fingerprint density at radius 3 is 2.58 bits per heavy atom. The molecule has 1 saturated heterocycles. The van der Waals surface area contributed by atoms with Crippen LogP contribution >= 0.6 is 0 Å². The van der Waals surface area contributed by atoms with Gasteiger partial charge in [0.1, 0.15) is 0 Å². The minimum Gasteiger partial charge on any atom is -0.311 e. The second kappa shape index (κ2) is 5.33. The molecule has 102 valence electrons. The summed E-state index contributed by atoms with van der Waals surface area (Å²) in [6, 6.07) is 9.04. The van der Waals surface area contributed by atoms with Gasteiger partial charge in [0, 0.05) is 18.3 Å². The van der Waals surface area contributed by atoms with Gasteiger partial charge in [-0.25, -0.2) is 0 Å². The molecule has 2 fully saturated rings. The number of carbonyl (C=O) groups is 1. The maximum atomic E-state index is 12.5. The van der Waals surface area contributed by atoms with Gasteiger partial charge in [-0.1, -0.05) is 19.1 Å². The fraction of sp³-hybridized carbons (Fsp3) is 0.562. The first-order valence-corrected chi connectivity index (χ1v) is 7.44. The van der Waals surface area contributed by atoms with Gasteiger partial charge in [-0.05, 0) is 49.8 Å². The zero-order valence-corrected chi connectivity index (χ0v) is 11.6. The molecule has 1 aromatic carbocycles. The van der Waals surface area contributed by atoms with Gasteiger partial charge < -0.3 is 10.2 Å². The predicted molar refractivity (Wildman–Crippen MR) is 77.4 cm³/mol. The van der Waals surface area contributed by atoms with Crippen LogP contribution in [0.5, 0.6) is 0 Å². The molecular weight excluding hydrogens is 236 g/mol. The van der Waals surface area contributed by atoms with Gasteiger partial charge in [-0.3, -0.25) is 4.79 Å². The van der Waals surface area contributed by atoms with E-state index in [1.54, 1.807) is 0 Å². The Balaban J connectivity index is 1.72. The molecule has 1 amide bonds. The Bertz CT molecular complexity index is 450. The molecule has 1 saturated carbocycles. The minimum absolute atomic E-state index is 0.0344. The third kappa shape index (κ3) is 2.81. The topological polar surface area (TPSA) is 32.3 Å². The fourth-order valence-electron chi connectivity index (χ4n) is 2.73. The monoisotopic (exact) mass is 258 g/mol. The molecule has 0 aromatic heterocycles. The van der Waals surface area contributed by atoms with Crippen LogP contribution in [0.1, 0.15) is 38.2 Å². The minimum atomic E-state index is 0.0344. The van der Waals surface area contributed by atoms with Gasteiger partial charge in [-0.15, -0.1) is 0 Å². The lowest BCUT2D eigenvalue weighted by Gasteiger charge is -2.33. The molecule has 3 nitrogen and oxygen atoms in total. The van der Waals surface area contributed by atoms with Crippen molar-refractivity contribution in [1.82, 2.24) is 5.32 Å². The molecule has 0 radical (unpaired) electrons. The Morgan fingerprint density at radius 2 is 1.95 bits per heavy atom. The van der Waals surface area contributed by atoms with Crippen molar-refractivity contribution >= 4 is 11.6 Å². The lowest BCUT2D eigenvalue weighted by molar-refractivity contribution is -0.121. The standard InChI is InChI=1S/C16H22N2O/c1-2-12-5-9-14(10-6-12)18-11-3-4-15(16(18)19)17-13-7-8-13/h5-6,9-10,13,15,17H,2-4,7-8,11H2,1H3. The van der Waals surface area contributed by atoms with Crippen LogP contribution in [-0.2, 0) is 11.2 Å². The molecule has 1 aliphatic heterocycles. The van der Waals surface area contributed by atoms with Gasteiger partial charge in [0.05, 0.1) is 6.04 Å². The number of nitrogens with one attached hydrogen (secondary N) is 1. The summed E-state index contributed by atoms with van der Waals surface area (Å²) in [4.78, 5) is 14.5. The van der Waals surface area contributed by atoms with Crippen molar-refractivity contribution in [1.29, 1.82) is 0 Å². The summed E-state index contributed by atoms with van der Waals surface area (Å²) in [5.74, 6) is 0.252. The Morgan fingerprint density at radius 1 is 1.21 bits per heavy atom. The van der Waals surface area contributed by atoms with Crippen molar-refractivity contribution in [2.24, 2.45) is 0 Å². The zero-order valence-electron chi connectivity index (χ0n) is 11.6. The van der Waals surface area contributed by atoms with E-state index in [4.69, 9.17) is 0 Å². The smallest absolute Gasteiger partial charge is 0.244 e. The molecule has 1 N–H and O–H groups in total. The molecule has 3 rings (SSSR count). The predicted octanol–water partition coefficient (Wildman–Crippen LogP) is 2.50. The van der Waals surface area contributed by atoms with Crippen molar-refractivity contribution in [3.63, 3.8) is 0 Å². The lowest BCUT2D eigenvalue weighted by atomic mass is 10.0. The Kier molecular flexibility index (Phi) is 3.56. The SMILES string of the molecule is CCc1ccc(N2CCCC(NC3CC3)C2=O)cc1. The summed E-state index contributed by atoms with van der Waals surface area (Å²) in [5.41, 5.74) is 2.37. The highest BCUT2D eigenvalue weighted by Crippen LogP contribution is 2.25. The van der Waals surface area contributed by atoms with E-state index in [0.717, 1.165) is 31.5 Å². The summed E-state index contributed by atoms with van der Waals surface area (Å²) in [6.07, 6.45) is 5.58. The number of hydrogen-bond donors (Lipinski definition) is 1. The van der Waals surface area contributed by atoms with E-state index >= 15 is 0 Å². The first kappa shape index (κ1) is 12.7. The van der Waals surface area contributed by atoms with Crippen molar-refractivity contribution in [2.45, 2.75) is 51.1 Å². The first-order chi connectivity index (χ1) is 9.28. The second-order valence-corrected chi connectivity index (χ2v) is 5.65. The highest BCUT2D eigenvalue weighted by molar-refractivity contribution is 5.98. The number of hydrogen-bond acceptors (Lipinski definition) is 2. The van der Waals surface area contributed by atoms with E-state index in [-0.39, 0.29) is 11.9 Å². The molecule has 1 aromatic rings. The van der Waals surface area contributed by atoms with Crippen LogP contribution < -0.4 is 10.2 Å². The summed E-state index contributed by atoms with van der Waals surface area (Å²) in [7, 11) is 0. The molecule has 2 aliphatic rings. The highest BCUT2D eigenvalue weighted by atomic mass is 16.2. The third-order valence-corrected chi connectivity index (χ3v) is 4.11. The van der Waals surface area contributed by atoms with E-state index in [1.807, 2.05) is 4.90 Å². The van der Waals surface area contributed by atoms with Crippen LogP contribution in [0, 0.1) is 0 Å². The van der Waals surface area contributed by atoms with Crippen molar-refractivity contribution in [3.05, 3.63) is 29.8 Å². The first-order valence-electron chi connectivity index (χ1n) is 7.44. The lowest BCUT2D eigenvalue weighted by Crippen LogP contribution is -2.51. The van der Waals surface area contributed by atoms with Gasteiger partial charge in [0.2, 0.25) is 5.91 Å². The van der Waals surface area contributed by atoms with Gasteiger partial charge >= 0.3 is 0 Å². The van der Waals surface area contributed by atoms with Crippen LogP contribution in [0.4, 0.5) is 5.69 Å². The summed E-state index contributed by atoms with van der Waals surface area (Å²) in [6.45, 7) is 3.00. The Labute approximate surface area is 115 Å². The van der Waals surface area contributed by atoms with E-state index in [1.165, 1.54) is 18.4 Å². The van der Waals surface area contributed by atoms with Crippen LogP contribution in [0.2, 0.25) is 0 Å². The third-order valence-electron chi connectivity index (χ3n) is 4.11. The van der Waals surface area contributed by atoms with E-state index in [9.17, 15) is 4.79 Å². The fourth-order valence-corrected chi connectivity index (χ4v) is 2.73.